The van der Waals surface area contributed by atoms with Gasteiger partial charge in [0.15, 0.2) is 5.82 Å². The summed E-state index contributed by atoms with van der Waals surface area (Å²) in [5, 5.41) is 17.2. The van der Waals surface area contributed by atoms with Crippen LogP contribution in [0.2, 0.25) is 0 Å². The zero-order valence-electron chi connectivity index (χ0n) is 13.5. The zero-order valence-corrected chi connectivity index (χ0v) is 13.5. The number of hydrogen-bond donors (Lipinski definition) is 3. The number of nitrogens with one attached hydrogen (secondary N) is 3. The Morgan fingerprint density at radius 2 is 1.87 bits per heavy atom. The van der Waals surface area contributed by atoms with Gasteiger partial charge in [-0.05, 0) is 43.2 Å². The molecule has 0 atom stereocenters. The van der Waals surface area contributed by atoms with E-state index in [0.29, 0.717) is 31.1 Å². The number of nitrogens with zero attached hydrogens (tertiary/aromatic N) is 3. The van der Waals surface area contributed by atoms with E-state index in [0.717, 1.165) is 17.8 Å². The van der Waals surface area contributed by atoms with E-state index in [-0.39, 0.29) is 5.91 Å². The van der Waals surface area contributed by atoms with E-state index >= 15 is 0 Å². The Balaban J connectivity index is 1.77. The number of aromatic nitrogens is 3. The molecule has 3 N–H and O–H groups in total. The van der Waals surface area contributed by atoms with Crippen LogP contribution in [-0.4, -0.2) is 34.2 Å². The highest BCUT2D eigenvalue weighted by molar-refractivity contribution is 5.75. The van der Waals surface area contributed by atoms with Crippen LogP contribution in [0.15, 0.2) is 30.5 Å². The smallest absolute Gasteiger partial charge is 0.220 e. The van der Waals surface area contributed by atoms with Crippen molar-refractivity contribution in [1.82, 2.24) is 20.5 Å². The average molecular weight is 314 g/mol. The van der Waals surface area contributed by atoms with Gasteiger partial charge in [-0.1, -0.05) is 6.92 Å². The summed E-state index contributed by atoms with van der Waals surface area (Å²) in [5.74, 6) is 2.10. The summed E-state index contributed by atoms with van der Waals surface area (Å²) in [4.78, 5) is 15.5. The van der Waals surface area contributed by atoms with Gasteiger partial charge in [0, 0.05) is 25.7 Å². The van der Waals surface area contributed by atoms with Crippen molar-refractivity contribution >= 4 is 23.4 Å². The topological polar surface area (TPSA) is 91.8 Å². The van der Waals surface area contributed by atoms with Crippen molar-refractivity contribution in [3.63, 3.8) is 0 Å². The molecular weight excluding hydrogens is 292 g/mol. The summed E-state index contributed by atoms with van der Waals surface area (Å²) < 4.78 is 0. The molecule has 0 spiro atoms. The number of carbonyl (C=O) groups excluding carboxylic acids is 1. The van der Waals surface area contributed by atoms with Gasteiger partial charge in [-0.15, -0.1) is 10.2 Å². The number of anilines is 3. The number of rotatable bonds is 8. The lowest BCUT2D eigenvalue weighted by Gasteiger charge is -2.08. The predicted molar refractivity (Wildman–Crippen MR) is 90.7 cm³/mol. The molecule has 0 aliphatic rings. The monoisotopic (exact) mass is 314 g/mol. The third-order valence-corrected chi connectivity index (χ3v) is 3.07. The number of amides is 1. The minimum Gasteiger partial charge on any atom is -0.367 e. The molecule has 1 amide bonds. The molecule has 2 aromatic heterocycles. The van der Waals surface area contributed by atoms with Crippen molar-refractivity contribution in [1.29, 1.82) is 0 Å². The first-order valence-electron chi connectivity index (χ1n) is 7.71. The molecule has 7 heteroatoms. The molecule has 0 unspecified atom stereocenters. The third-order valence-electron chi connectivity index (χ3n) is 3.07. The van der Waals surface area contributed by atoms with Crippen molar-refractivity contribution < 1.29 is 4.79 Å². The zero-order chi connectivity index (χ0) is 16.5. The fourth-order valence-corrected chi connectivity index (χ4v) is 1.94. The molecule has 2 heterocycles. The molecular formula is C16H22N6O. The van der Waals surface area contributed by atoms with Crippen LogP contribution in [0, 0.1) is 6.92 Å². The number of hydrogen-bond acceptors (Lipinski definition) is 6. The first kappa shape index (κ1) is 16.7. The van der Waals surface area contributed by atoms with Gasteiger partial charge in [0.1, 0.15) is 11.6 Å². The van der Waals surface area contributed by atoms with Gasteiger partial charge in [-0.25, -0.2) is 4.98 Å². The Morgan fingerprint density at radius 1 is 1.09 bits per heavy atom. The third kappa shape index (κ3) is 5.90. The van der Waals surface area contributed by atoms with E-state index in [1.807, 2.05) is 38.1 Å². The van der Waals surface area contributed by atoms with Crippen LogP contribution in [0.3, 0.4) is 0 Å². The maximum absolute atomic E-state index is 11.3. The summed E-state index contributed by atoms with van der Waals surface area (Å²) in [7, 11) is 0. The van der Waals surface area contributed by atoms with Crippen LogP contribution in [-0.2, 0) is 4.79 Å². The second-order valence-corrected chi connectivity index (χ2v) is 5.17. The maximum Gasteiger partial charge on any atom is 0.220 e. The molecule has 122 valence electrons. The minimum absolute atomic E-state index is 0.0746. The van der Waals surface area contributed by atoms with E-state index in [1.165, 1.54) is 0 Å². The van der Waals surface area contributed by atoms with E-state index in [1.54, 1.807) is 6.20 Å². The molecule has 0 aromatic carbocycles. The van der Waals surface area contributed by atoms with Crippen molar-refractivity contribution in [2.75, 3.05) is 23.7 Å². The van der Waals surface area contributed by atoms with Crippen LogP contribution in [0.5, 0.6) is 0 Å². The van der Waals surface area contributed by atoms with Crippen LogP contribution in [0.4, 0.5) is 17.5 Å². The molecule has 0 bridgehead atoms. The van der Waals surface area contributed by atoms with E-state index in [4.69, 9.17) is 0 Å². The highest BCUT2D eigenvalue weighted by Gasteiger charge is 2.01. The Bertz CT molecular complexity index is 629. The molecule has 0 radical (unpaired) electrons. The van der Waals surface area contributed by atoms with Crippen molar-refractivity contribution in [2.24, 2.45) is 0 Å². The predicted octanol–water partition coefficient (Wildman–Crippen LogP) is 2.25. The normalized spacial score (nSPS) is 10.2. The van der Waals surface area contributed by atoms with Gasteiger partial charge < -0.3 is 16.0 Å². The largest absolute Gasteiger partial charge is 0.367 e. The molecule has 2 aromatic rings. The summed E-state index contributed by atoms with van der Waals surface area (Å²) in [6.07, 6.45) is 3.16. The second-order valence-electron chi connectivity index (χ2n) is 5.17. The summed E-state index contributed by atoms with van der Waals surface area (Å²) in [6, 6.07) is 7.53. The van der Waals surface area contributed by atoms with Gasteiger partial charge in [-0.3, -0.25) is 4.79 Å². The fraction of sp³-hybridized carbons (Fsp3) is 0.375. The fourth-order valence-electron chi connectivity index (χ4n) is 1.94. The summed E-state index contributed by atoms with van der Waals surface area (Å²) in [5.41, 5.74) is 1.12. The van der Waals surface area contributed by atoms with Crippen LogP contribution >= 0.6 is 0 Å². The average Bonchev–Trinajstić information content (AvgIpc) is 2.53. The second kappa shape index (κ2) is 8.67. The number of aryl methyl sites for hydroxylation is 1. The first-order chi connectivity index (χ1) is 11.2. The molecule has 0 fully saturated rings. The Morgan fingerprint density at radius 3 is 2.57 bits per heavy atom. The van der Waals surface area contributed by atoms with Gasteiger partial charge in [0.2, 0.25) is 5.91 Å². The first-order valence-corrected chi connectivity index (χ1v) is 7.71. The van der Waals surface area contributed by atoms with Gasteiger partial charge in [0.05, 0.1) is 0 Å². The lowest BCUT2D eigenvalue weighted by molar-refractivity contribution is -0.121. The summed E-state index contributed by atoms with van der Waals surface area (Å²) in [6.45, 7) is 5.16. The highest BCUT2D eigenvalue weighted by Crippen LogP contribution is 2.13. The number of pyridine rings is 1. The van der Waals surface area contributed by atoms with E-state index in [2.05, 4.69) is 31.1 Å². The standard InChI is InChI=1S/C16H22N6O/c1-3-4-16(23)19-10-9-18-13-5-6-14(22-21-13)20-15-11-12(2)7-8-17-15/h5-8,11H,3-4,9-10H2,1-2H3,(H,18,21)(H,19,23)(H,17,20,22). The Labute approximate surface area is 135 Å². The molecule has 23 heavy (non-hydrogen) atoms. The van der Waals surface area contributed by atoms with Crippen LogP contribution in [0.1, 0.15) is 25.3 Å². The molecule has 0 saturated carbocycles. The van der Waals surface area contributed by atoms with Gasteiger partial charge in [0.25, 0.3) is 0 Å². The lowest BCUT2D eigenvalue weighted by Crippen LogP contribution is -2.28. The lowest BCUT2D eigenvalue weighted by atomic mass is 10.3. The van der Waals surface area contributed by atoms with E-state index in [9.17, 15) is 4.79 Å². The number of carbonyl (C=O) groups is 1. The quantitative estimate of drug-likeness (QED) is 0.647. The van der Waals surface area contributed by atoms with Crippen LogP contribution in [0.25, 0.3) is 0 Å². The SMILES string of the molecule is CCCC(=O)NCCNc1ccc(Nc2cc(C)ccn2)nn1. The maximum atomic E-state index is 11.3. The van der Waals surface area contributed by atoms with Crippen molar-refractivity contribution in [3.05, 3.63) is 36.0 Å². The highest BCUT2D eigenvalue weighted by atomic mass is 16.1. The molecule has 0 aliphatic heterocycles. The Kier molecular flexibility index (Phi) is 6.28. The minimum atomic E-state index is 0.0746. The summed E-state index contributed by atoms with van der Waals surface area (Å²) >= 11 is 0. The van der Waals surface area contributed by atoms with Crippen LogP contribution < -0.4 is 16.0 Å². The molecule has 2 rings (SSSR count). The Hall–Kier alpha value is -2.70. The van der Waals surface area contributed by atoms with Gasteiger partial charge in [-0.2, -0.15) is 0 Å². The molecule has 0 aliphatic carbocycles. The molecule has 7 nitrogen and oxygen atoms in total. The van der Waals surface area contributed by atoms with Crippen molar-refractivity contribution in [3.8, 4) is 0 Å². The van der Waals surface area contributed by atoms with Crippen molar-refractivity contribution in [2.45, 2.75) is 26.7 Å². The van der Waals surface area contributed by atoms with Gasteiger partial charge >= 0.3 is 0 Å². The van der Waals surface area contributed by atoms with E-state index < -0.39 is 0 Å². The molecule has 0 saturated heterocycles.